The fourth-order valence-electron chi connectivity index (χ4n) is 0.868. The number of carbonyl (C=O) groups excluding carboxylic acids is 2. The van der Waals surface area contributed by atoms with Gasteiger partial charge in [-0.1, -0.05) is 5.11 Å². The Hall–Kier alpha value is -1.72. The van der Waals surface area contributed by atoms with E-state index in [1.165, 1.54) is 6.92 Å². The molecule has 1 amide bonds. The van der Waals surface area contributed by atoms with E-state index < -0.39 is 17.7 Å². The van der Waals surface area contributed by atoms with Crippen LogP contribution in [0.3, 0.4) is 0 Å². The van der Waals surface area contributed by atoms with Gasteiger partial charge in [0.05, 0.1) is 11.8 Å². The second kappa shape index (κ2) is 6.88. The second-order valence-electron chi connectivity index (χ2n) is 4.95. The molecule has 0 aromatic heterocycles. The van der Waals surface area contributed by atoms with Crippen molar-refractivity contribution in [2.24, 2.45) is 10.2 Å². The van der Waals surface area contributed by atoms with Crippen LogP contribution >= 0.6 is 0 Å². The Morgan fingerprint density at radius 2 is 1.72 bits per heavy atom. The summed E-state index contributed by atoms with van der Waals surface area (Å²) >= 11 is 0. The van der Waals surface area contributed by atoms with Crippen molar-refractivity contribution < 1.29 is 19.1 Å². The quantitative estimate of drug-likeness (QED) is 0.441. The molecule has 6 nitrogen and oxygen atoms in total. The van der Waals surface area contributed by atoms with Gasteiger partial charge in [-0.15, -0.1) is 5.11 Å². The molecule has 0 fully saturated rings. The van der Waals surface area contributed by atoms with Crippen LogP contribution in [-0.2, 0) is 14.3 Å². The number of hydrogen-bond donors (Lipinski definition) is 0. The van der Waals surface area contributed by atoms with Crippen LogP contribution in [0.1, 0.15) is 41.5 Å². The summed E-state index contributed by atoms with van der Waals surface area (Å²) in [5.74, 6) is -0.523. The van der Waals surface area contributed by atoms with E-state index >= 15 is 0 Å². The summed E-state index contributed by atoms with van der Waals surface area (Å²) in [4.78, 5) is 22.4. The summed E-state index contributed by atoms with van der Waals surface area (Å²) in [6.45, 7) is 10.2. The number of ether oxygens (including phenoxy) is 2. The standard InChI is InChI=1S/C12H20N2O4/c1-8(2)17-10(15)7-9(3)13-14-11(16)18-12(4,5)6/h7-8H,1-6H3/b9-7-,14-13?. The Morgan fingerprint density at radius 3 is 2.17 bits per heavy atom. The highest BCUT2D eigenvalue weighted by molar-refractivity contribution is 5.82. The first-order valence-corrected chi connectivity index (χ1v) is 5.64. The van der Waals surface area contributed by atoms with Gasteiger partial charge in [-0.2, -0.15) is 0 Å². The molecule has 0 aliphatic heterocycles. The van der Waals surface area contributed by atoms with Crippen molar-refractivity contribution >= 4 is 12.1 Å². The maximum absolute atomic E-state index is 11.2. The fraction of sp³-hybridized carbons (Fsp3) is 0.667. The Morgan fingerprint density at radius 1 is 1.17 bits per heavy atom. The minimum Gasteiger partial charge on any atom is -0.460 e. The molecular weight excluding hydrogens is 236 g/mol. The molecule has 0 atom stereocenters. The first-order valence-electron chi connectivity index (χ1n) is 5.64. The van der Waals surface area contributed by atoms with Gasteiger partial charge in [0.15, 0.2) is 0 Å². The summed E-state index contributed by atoms with van der Waals surface area (Å²) in [6, 6.07) is 0. The van der Waals surface area contributed by atoms with Crippen LogP contribution in [0.15, 0.2) is 22.0 Å². The predicted molar refractivity (Wildman–Crippen MR) is 66.1 cm³/mol. The maximum Gasteiger partial charge on any atom is 0.452 e. The summed E-state index contributed by atoms with van der Waals surface area (Å²) in [6.07, 6.45) is 0.158. The van der Waals surface area contributed by atoms with Crippen molar-refractivity contribution in [3.05, 3.63) is 11.8 Å². The lowest BCUT2D eigenvalue weighted by Gasteiger charge is -2.16. The van der Waals surface area contributed by atoms with E-state index in [0.29, 0.717) is 0 Å². The number of allylic oxidation sites excluding steroid dienone is 1. The highest BCUT2D eigenvalue weighted by Crippen LogP contribution is 2.09. The summed E-state index contributed by atoms with van der Waals surface area (Å²) in [7, 11) is 0. The van der Waals surface area contributed by atoms with Gasteiger partial charge in [0, 0.05) is 6.08 Å². The van der Waals surface area contributed by atoms with Gasteiger partial charge in [0.2, 0.25) is 0 Å². The highest BCUT2D eigenvalue weighted by atomic mass is 16.6. The largest absolute Gasteiger partial charge is 0.460 e. The lowest BCUT2D eigenvalue weighted by atomic mass is 10.2. The molecule has 0 saturated carbocycles. The zero-order chi connectivity index (χ0) is 14.3. The number of hydrogen-bond acceptors (Lipinski definition) is 5. The molecule has 0 radical (unpaired) electrons. The minimum atomic E-state index is -0.799. The molecule has 0 heterocycles. The number of rotatable bonds is 3. The van der Waals surface area contributed by atoms with Gasteiger partial charge >= 0.3 is 12.1 Å². The zero-order valence-electron chi connectivity index (χ0n) is 11.7. The maximum atomic E-state index is 11.2. The molecule has 102 valence electrons. The Labute approximate surface area is 107 Å². The van der Waals surface area contributed by atoms with Crippen molar-refractivity contribution in [3.63, 3.8) is 0 Å². The van der Waals surface area contributed by atoms with Crippen molar-refractivity contribution in [2.45, 2.75) is 53.2 Å². The van der Waals surface area contributed by atoms with Crippen molar-refractivity contribution in [1.82, 2.24) is 0 Å². The molecule has 0 unspecified atom stereocenters. The van der Waals surface area contributed by atoms with E-state index in [1.54, 1.807) is 34.6 Å². The van der Waals surface area contributed by atoms with Crippen molar-refractivity contribution in [1.29, 1.82) is 0 Å². The average molecular weight is 256 g/mol. The molecule has 0 aliphatic carbocycles. The van der Waals surface area contributed by atoms with Gasteiger partial charge in [0.1, 0.15) is 5.60 Å². The van der Waals surface area contributed by atoms with Crippen LogP contribution in [0.5, 0.6) is 0 Å². The Kier molecular flexibility index (Phi) is 6.22. The molecule has 0 spiro atoms. The predicted octanol–water partition coefficient (Wildman–Crippen LogP) is 3.23. The number of amides is 1. The summed E-state index contributed by atoms with van der Waals surface area (Å²) in [5, 5.41) is 6.90. The van der Waals surface area contributed by atoms with Gasteiger partial charge in [0.25, 0.3) is 0 Å². The Bertz CT molecular complexity index is 365. The molecule has 0 N–H and O–H groups in total. The lowest BCUT2D eigenvalue weighted by Crippen LogP contribution is -2.21. The van der Waals surface area contributed by atoms with Crippen molar-refractivity contribution in [2.75, 3.05) is 0 Å². The van der Waals surface area contributed by atoms with E-state index in [4.69, 9.17) is 9.47 Å². The average Bonchev–Trinajstić information content (AvgIpc) is 2.10. The molecule has 0 aromatic rings. The smallest absolute Gasteiger partial charge is 0.452 e. The monoisotopic (exact) mass is 256 g/mol. The van der Waals surface area contributed by atoms with Crippen LogP contribution < -0.4 is 0 Å². The molecular formula is C12H20N2O4. The molecule has 0 bridgehead atoms. The molecule has 0 aromatic carbocycles. The van der Waals surface area contributed by atoms with Crippen molar-refractivity contribution in [3.8, 4) is 0 Å². The molecule has 18 heavy (non-hydrogen) atoms. The summed E-state index contributed by atoms with van der Waals surface area (Å²) < 4.78 is 9.79. The topological polar surface area (TPSA) is 77.3 Å². The number of nitrogens with zero attached hydrogens (tertiary/aromatic N) is 2. The highest BCUT2D eigenvalue weighted by Gasteiger charge is 2.15. The van der Waals surface area contributed by atoms with E-state index in [0.717, 1.165) is 6.08 Å². The molecule has 0 saturated heterocycles. The van der Waals surface area contributed by atoms with Gasteiger partial charge in [-0.25, -0.2) is 9.59 Å². The molecule has 6 heteroatoms. The van der Waals surface area contributed by atoms with E-state index in [9.17, 15) is 9.59 Å². The number of azo groups is 1. The lowest BCUT2D eigenvalue weighted by molar-refractivity contribution is -0.141. The zero-order valence-corrected chi connectivity index (χ0v) is 11.7. The van der Waals surface area contributed by atoms with E-state index in [2.05, 4.69) is 10.2 Å². The van der Waals surface area contributed by atoms with Crippen LogP contribution in [0.4, 0.5) is 4.79 Å². The minimum absolute atomic E-state index is 0.204. The third-order valence-corrected chi connectivity index (χ3v) is 1.36. The molecule has 0 rings (SSSR count). The second-order valence-corrected chi connectivity index (χ2v) is 4.95. The summed E-state index contributed by atoms with van der Waals surface area (Å²) in [5.41, 5.74) is -0.351. The van der Waals surface area contributed by atoms with Gasteiger partial charge in [-0.05, 0) is 41.5 Å². The fourth-order valence-corrected chi connectivity index (χ4v) is 0.868. The third kappa shape index (κ3) is 9.50. The normalized spacial score (nSPS) is 12.9. The van der Waals surface area contributed by atoms with Crippen LogP contribution in [0, 0.1) is 0 Å². The van der Waals surface area contributed by atoms with E-state index in [-0.39, 0.29) is 11.8 Å². The van der Waals surface area contributed by atoms with Crippen LogP contribution in [0.25, 0.3) is 0 Å². The third-order valence-electron chi connectivity index (χ3n) is 1.36. The van der Waals surface area contributed by atoms with Crippen LogP contribution in [-0.4, -0.2) is 23.8 Å². The first kappa shape index (κ1) is 16.3. The SMILES string of the molecule is C/C(=C/C(=O)OC(C)C)N=NC(=O)OC(C)(C)C. The van der Waals surface area contributed by atoms with E-state index in [1.807, 2.05) is 0 Å². The first-order chi connectivity index (χ1) is 8.10. The van der Waals surface area contributed by atoms with Crippen LogP contribution in [0.2, 0.25) is 0 Å². The number of esters is 1. The van der Waals surface area contributed by atoms with Gasteiger partial charge < -0.3 is 9.47 Å². The Balaban J connectivity index is 4.38. The molecule has 0 aliphatic rings. The van der Waals surface area contributed by atoms with Gasteiger partial charge in [-0.3, -0.25) is 0 Å². The number of carbonyl (C=O) groups is 2.